The summed E-state index contributed by atoms with van der Waals surface area (Å²) in [5.41, 5.74) is 0. The third kappa shape index (κ3) is 28.7. The molecule has 1 aliphatic rings. The molecule has 1 amide bonds. The van der Waals surface area contributed by atoms with Crippen LogP contribution in [0.25, 0.3) is 0 Å². The molecular weight excluding hydrogens is 763 g/mol. The summed E-state index contributed by atoms with van der Waals surface area (Å²) >= 11 is 0. The second-order valence-corrected chi connectivity index (χ2v) is 18.7. The maximum Gasteiger partial charge on any atom is 0.249 e. The molecule has 1 aliphatic heterocycles. The fourth-order valence-electron chi connectivity index (χ4n) is 8.39. The Morgan fingerprint density at radius 3 is 1.33 bits per heavy atom. The zero-order chi connectivity index (χ0) is 44.2. The minimum Gasteiger partial charge on any atom is -0.394 e. The van der Waals surface area contributed by atoms with Gasteiger partial charge in [0, 0.05) is 0 Å². The molecule has 0 aromatic rings. The largest absolute Gasteiger partial charge is 0.394 e. The minimum absolute atomic E-state index is 0.266. The fraction of sp³-hybridized carbons (Fsp3) is 0.980. The molecule has 8 N–H and O–H groups in total. The van der Waals surface area contributed by atoms with Crippen molar-refractivity contribution in [2.75, 3.05) is 13.2 Å². The predicted molar refractivity (Wildman–Crippen MR) is 243 cm³/mol. The summed E-state index contributed by atoms with van der Waals surface area (Å²) < 4.78 is 11.1. The highest BCUT2D eigenvalue weighted by Gasteiger charge is 2.44. The van der Waals surface area contributed by atoms with Gasteiger partial charge in [-0.3, -0.25) is 4.79 Å². The number of carbonyl (C=O) groups is 1. The Balaban J connectivity index is 2.37. The van der Waals surface area contributed by atoms with Crippen molar-refractivity contribution in [1.82, 2.24) is 5.32 Å². The second kappa shape index (κ2) is 38.6. The molecule has 0 spiro atoms. The van der Waals surface area contributed by atoms with Gasteiger partial charge in [-0.05, 0) is 18.8 Å². The Labute approximate surface area is 367 Å². The molecule has 11 heteroatoms. The number of amides is 1. The molecule has 0 bridgehead atoms. The van der Waals surface area contributed by atoms with Crippen LogP contribution in [0, 0.1) is 5.92 Å². The average Bonchev–Trinajstić information content (AvgIpc) is 3.23. The minimum atomic E-state index is -1.66. The maximum atomic E-state index is 13.1. The number of nitrogens with one attached hydrogen (secondary N) is 1. The Bertz CT molecular complexity index is 957. The summed E-state index contributed by atoms with van der Waals surface area (Å²) in [5, 5.41) is 75.8. The van der Waals surface area contributed by atoms with Gasteiger partial charge in [0.2, 0.25) is 5.91 Å². The van der Waals surface area contributed by atoms with Crippen LogP contribution in [0.5, 0.6) is 0 Å². The first-order chi connectivity index (χ1) is 29.0. The van der Waals surface area contributed by atoms with Crippen LogP contribution >= 0.6 is 0 Å². The van der Waals surface area contributed by atoms with Gasteiger partial charge in [0.15, 0.2) is 6.29 Å². The number of aliphatic hydroxyl groups is 7. The Morgan fingerprint density at radius 2 is 0.933 bits per heavy atom. The van der Waals surface area contributed by atoms with Gasteiger partial charge in [-0.2, -0.15) is 0 Å². The molecule has 1 saturated heterocycles. The van der Waals surface area contributed by atoms with Crippen LogP contribution in [0.1, 0.15) is 233 Å². The molecule has 358 valence electrons. The van der Waals surface area contributed by atoms with Gasteiger partial charge >= 0.3 is 0 Å². The van der Waals surface area contributed by atoms with E-state index in [1.165, 1.54) is 148 Å². The topological polar surface area (TPSA) is 189 Å². The average molecular weight is 860 g/mol. The van der Waals surface area contributed by atoms with E-state index in [1.54, 1.807) is 0 Å². The standard InChI is InChI=1S/C49H97NO10/c1-4-5-6-7-8-9-10-11-12-13-14-15-16-17-18-19-24-27-30-33-36-42(53)48(58)50-40(38-59-49-47(57)46(56)45(55)43(37-51)60-49)44(54)41(52)35-32-29-26-23-21-20-22-25-28-31-34-39(2)3/h39-47,49,51-57H,4-38H2,1-3H3,(H,50,58)/t40-,41+,42+,43+,44-,45-,46-,47+,49-/m0/s1. The highest BCUT2D eigenvalue weighted by molar-refractivity contribution is 5.80. The van der Waals surface area contributed by atoms with Gasteiger partial charge in [-0.1, -0.05) is 220 Å². The lowest BCUT2D eigenvalue weighted by Crippen LogP contribution is -2.60. The van der Waals surface area contributed by atoms with Crippen LogP contribution in [0.15, 0.2) is 0 Å². The van der Waals surface area contributed by atoms with Crippen molar-refractivity contribution in [3.63, 3.8) is 0 Å². The normalized spacial score (nSPS) is 21.6. The summed E-state index contributed by atoms with van der Waals surface area (Å²) in [4.78, 5) is 13.1. The van der Waals surface area contributed by atoms with E-state index < -0.39 is 74.2 Å². The van der Waals surface area contributed by atoms with E-state index in [0.29, 0.717) is 19.3 Å². The first-order valence-corrected chi connectivity index (χ1v) is 25.3. The van der Waals surface area contributed by atoms with Crippen molar-refractivity contribution in [3.05, 3.63) is 0 Å². The smallest absolute Gasteiger partial charge is 0.249 e. The zero-order valence-corrected chi connectivity index (χ0v) is 38.9. The van der Waals surface area contributed by atoms with Gasteiger partial charge < -0.3 is 50.5 Å². The third-order valence-corrected chi connectivity index (χ3v) is 12.6. The van der Waals surface area contributed by atoms with E-state index >= 15 is 0 Å². The Hall–Kier alpha value is -0.890. The molecule has 11 nitrogen and oxygen atoms in total. The van der Waals surface area contributed by atoms with E-state index in [2.05, 4.69) is 26.1 Å². The van der Waals surface area contributed by atoms with E-state index in [0.717, 1.165) is 44.4 Å². The molecular formula is C49H97NO10. The number of hydrogen-bond donors (Lipinski definition) is 8. The monoisotopic (exact) mass is 860 g/mol. The number of unbranched alkanes of at least 4 members (excludes halogenated alkanes) is 28. The molecule has 1 heterocycles. The van der Waals surface area contributed by atoms with Gasteiger partial charge in [0.1, 0.15) is 36.6 Å². The highest BCUT2D eigenvalue weighted by Crippen LogP contribution is 2.23. The molecule has 0 aliphatic carbocycles. The number of rotatable bonds is 42. The predicted octanol–water partition coefficient (Wildman–Crippen LogP) is 8.92. The zero-order valence-electron chi connectivity index (χ0n) is 38.9. The van der Waals surface area contributed by atoms with Crippen LogP contribution in [-0.4, -0.2) is 110 Å². The molecule has 0 unspecified atom stereocenters. The van der Waals surface area contributed by atoms with Crippen molar-refractivity contribution in [2.45, 2.75) is 288 Å². The van der Waals surface area contributed by atoms with Crippen LogP contribution in [0.4, 0.5) is 0 Å². The van der Waals surface area contributed by atoms with Crippen LogP contribution in [-0.2, 0) is 14.3 Å². The quantitative estimate of drug-likeness (QED) is 0.0275. The summed E-state index contributed by atoms with van der Waals surface area (Å²) in [6, 6.07) is -1.16. The summed E-state index contributed by atoms with van der Waals surface area (Å²) in [5.74, 6) is 0.0846. The molecule has 0 aromatic heterocycles. The molecule has 1 rings (SSSR count). The second-order valence-electron chi connectivity index (χ2n) is 18.7. The summed E-state index contributed by atoms with van der Waals surface area (Å²) in [7, 11) is 0. The SMILES string of the molecule is CCCCCCCCCCCCCCCCCCCCCC[C@@H](O)C(=O)N[C@@H](CO[C@H]1O[C@H](CO)[C@H](O)[C@H](O)[C@H]1O)[C@H](O)[C@H](O)CCCCCCCCCCCCC(C)C. The van der Waals surface area contributed by atoms with Gasteiger partial charge in [-0.15, -0.1) is 0 Å². The van der Waals surface area contributed by atoms with Crippen molar-refractivity contribution in [3.8, 4) is 0 Å². The van der Waals surface area contributed by atoms with Gasteiger partial charge in [0.25, 0.3) is 0 Å². The first kappa shape index (κ1) is 57.1. The number of carbonyl (C=O) groups excluding carboxylic acids is 1. The lowest BCUT2D eigenvalue weighted by molar-refractivity contribution is -0.303. The Kier molecular flexibility index (Phi) is 36.7. The van der Waals surface area contributed by atoms with E-state index in [1.807, 2.05) is 0 Å². The lowest BCUT2D eigenvalue weighted by Gasteiger charge is -2.40. The molecule has 1 fully saturated rings. The first-order valence-electron chi connectivity index (χ1n) is 25.3. The highest BCUT2D eigenvalue weighted by atomic mass is 16.7. The van der Waals surface area contributed by atoms with Crippen molar-refractivity contribution < 1.29 is 50.0 Å². The van der Waals surface area contributed by atoms with Crippen molar-refractivity contribution >= 4 is 5.91 Å². The fourth-order valence-corrected chi connectivity index (χ4v) is 8.39. The van der Waals surface area contributed by atoms with Crippen molar-refractivity contribution in [1.29, 1.82) is 0 Å². The number of aliphatic hydroxyl groups excluding tert-OH is 7. The third-order valence-electron chi connectivity index (χ3n) is 12.6. The van der Waals surface area contributed by atoms with Gasteiger partial charge in [0.05, 0.1) is 25.4 Å². The summed E-state index contributed by atoms with van der Waals surface area (Å²) in [6.45, 7) is 5.77. The molecule has 9 atom stereocenters. The number of hydrogen-bond acceptors (Lipinski definition) is 10. The summed E-state index contributed by atoms with van der Waals surface area (Å²) in [6.07, 6.45) is 27.3. The number of ether oxygens (including phenoxy) is 2. The van der Waals surface area contributed by atoms with E-state index in [9.17, 15) is 40.5 Å². The van der Waals surface area contributed by atoms with Gasteiger partial charge in [-0.25, -0.2) is 0 Å². The van der Waals surface area contributed by atoms with E-state index in [4.69, 9.17) is 9.47 Å². The molecule has 60 heavy (non-hydrogen) atoms. The van der Waals surface area contributed by atoms with Crippen LogP contribution in [0.2, 0.25) is 0 Å². The lowest BCUT2D eigenvalue weighted by atomic mass is 9.98. The van der Waals surface area contributed by atoms with E-state index in [-0.39, 0.29) is 6.42 Å². The molecule has 0 aromatic carbocycles. The van der Waals surface area contributed by atoms with Crippen molar-refractivity contribution in [2.24, 2.45) is 5.92 Å². The maximum absolute atomic E-state index is 13.1. The molecule has 0 saturated carbocycles. The van der Waals surface area contributed by atoms with Crippen LogP contribution < -0.4 is 5.32 Å². The Morgan fingerprint density at radius 1 is 0.550 bits per heavy atom. The van der Waals surface area contributed by atoms with Crippen LogP contribution in [0.3, 0.4) is 0 Å². The molecule has 0 radical (unpaired) electrons.